The third-order valence-corrected chi connectivity index (χ3v) is 3.33. The zero-order valence-electron chi connectivity index (χ0n) is 8.46. The summed E-state index contributed by atoms with van der Waals surface area (Å²) in [5, 5.41) is 4.28. The summed E-state index contributed by atoms with van der Waals surface area (Å²) in [7, 11) is 2.04. The maximum absolute atomic E-state index is 6.12. The van der Waals surface area contributed by atoms with E-state index in [1.165, 1.54) is 18.4 Å². The lowest BCUT2D eigenvalue weighted by atomic mass is 10.0. The van der Waals surface area contributed by atoms with Gasteiger partial charge in [-0.25, -0.2) is 0 Å². The smallest absolute Gasteiger partial charge is 0.0438 e. The number of nitrogens with one attached hydrogen (secondary N) is 1. The molecule has 0 heterocycles. The predicted molar refractivity (Wildman–Crippen MR) is 60.7 cm³/mol. The van der Waals surface area contributed by atoms with E-state index < -0.39 is 0 Å². The van der Waals surface area contributed by atoms with E-state index in [1.54, 1.807) is 0 Å². The summed E-state index contributed by atoms with van der Waals surface area (Å²) in [6, 6.07) is 8.74. The lowest BCUT2D eigenvalue weighted by Gasteiger charge is -2.15. The van der Waals surface area contributed by atoms with Gasteiger partial charge in [-0.3, -0.25) is 0 Å². The van der Waals surface area contributed by atoms with Crippen LogP contribution in [0.4, 0.5) is 0 Å². The Kier molecular flexibility index (Phi) is 3.09. The normalized spacial score (nSPS) is 18.1. The van der Waals surface area contributed by atoms with Gasteiger partial charge in [0.2, 0.25) is 0 Å². The highest BCUT2D eigenvalue weighted by molar-refractivity contribution is 6.31. The highest BCUT2D eigenvalue weighted by Crippen LogP contribution is 2.34. The Balaban J connectivity index is 2.04. The van der Waals surface area contributed by atoms with Crippen LogP contribution >= 0.6 is 11.6 Å². The molecule has 2 rings (SSSR count). The molecular formula is C12H16ClN. The van der Waals surface area contributed by atoms with Gasteiger partial charge in [-0.1, -0.05) is 29.8 Å². The zero-order chi connectivity index (χ0) is 9.97. The van der Waals surface area contributed by atoms with Gasteiger partial charge >= 0.3 is 0 Å². The van der Waals surface area contributed by atoms with Gasteiger partial charge in [0.05, 0.1) is 0 Å². The number of hydrogen-bond donors (Lipinski definition) is 1. The molecule has 1 saturated carbocycles. The van der Waals surface area contributed by atoms with Gasteiger partial charge in [-0.05, 0) is 43.9 Å². The van der Waals surface area contributed by atoms with Crippen LogP contribution in [0.1, 0.15) is 18.4 Å². The van der Waals surface area contributed by atoms with E-state index >= 15 is 0 Å². The van der Waals surface area contributed by atoms with E-state index in [-0.39, 0.29) is 0 Å². The first-order valence-corrected chi connectivity index (χ1v) is 5.59. The van der Waals surface area contributed by atoms with E-state index in [4.69, 9.17) is 11.6 Å². The fraction of sp³-hybridized carbons (Fsp3) is 0.500. The summed E-state index contributed by atoms with van der Waals surface area (Å²) >= 11 is 6.12. The molecule has 2 heteroatoms. The van der Waals surface area contributed by atoms with Crippen molar-refractivity contribution in [3.05, 3.63) is 34.9 Å². The number of likely N-dealkylation sites (N-methyl/N-ethyl adjacent to an activating group) is 1. The van der Waals surface area contributed by atoms with Crippen molar-refractivity contribution in [1.29, 1.82) is 0 Å². The second-order valence-corrected chi connectivity index (χ2v) is 4.44. The molecule has 1 aromatic rings. The minimum Gasteiger partial charge on any atom is -0.316 e. The second kappa shape index (κ2) is 4.33. The van der Waals surface area contributed by atoms with Gasteiger partial charge in [0.1, 0.15) is 0 Å². The van der Waals surface area contributed by atoms with Gasteiger partial charge in [0, 0.05) is 11.1 Å². The summed E-state index contributed by atoms with van der Waals surface area (Å²) in [5.74, 6) is 0.872. The van der Waals surface area contributed by atoms with Crippen molar-refractivity contribution in [3.8, 4) is 0 Å². The molecule has 0 radical (unpaired) electrons. The monoisotopic (exact) mass is 209 g/mol. The minimum absolute atomic E-state index is 0.606. The third kappa shape index (κ3) is 2.28. The summed E-state index contributed by atoms with van der Waals surface area (Å²) < 4.78 is 0. The molecule has 1 N–H and O–H groups in total. The Bertz CT molecular complexity index is 307. The summed E-state index contributed by atoms with van der Waals surface area (Å²) in [6.45, 7) is 0. The first-order valence-electron chi connectivity index (χ1n) is 5.22. The molecule has 1 atom stereocenters. The van der Waals surface area contributed by atoms with Crippen LogP contribution in [0.25, 0.3) is 0 Å². The van der Waals surface area contributed by atoms with Crippen LogP contribution < -0.4 is 5.32 Å². The Morgan fingerprint density at radius 2 is 2.14 bits per heavy atom. The third-order valence-electron chi connectivity index (χ3n) is 2.96. The van der Waals surface area contributed by atoms with Gasteiger partial charge in [-0.15, -0.1) is 0 Å². The molecule has 1 fully saturated rings. The summed E-state index contributed by atoms with van der Waals surface area (Å²) in [6.07, 6.45) is 3.80. The highest BCUT2D eigenvalue weighted by atomic mass is 35.5. The largest absolute Gasteiger partial charge is 0.316 e. The quantitative estimate of drug-likeness (QED) is 0.804. The fourth-order valence-corrected chi connectivity index (χ4v) is 2.12. The number of rotatable bonds is 4. The van der Waals surface area contributed by atoms with Crippen LogP contribution in [0.15, 0.2) is 24.3 Å². The van der Waals surface area contributed by atoms with Gasteiger partial charge in [0.25, 0.3) is 0 Å². The molecule has 14 heavy (non-hydrogen) atoms. The molecular weight excluding hydrogens is 194 g/mol. The lowest BCUT2D eigenvalue weighted by Crippen LogP contribution is -2.29. The molecule has 1 unspecified atom stereocenters. The molecule has 0 bridgehead atoms. The predicted octanol–water partition coefficient (Wildman–Crippen LogP) is 2.88. The van der Waals surface area contributed by atoms with E-state index in [0.29, 0.717) is 6.04 Å². The average Bonchev–Trinajstić information content (AvgIpc) is 3.00. The summed E-state index contributed by atoms with van der Waals surface area (Å²) in [5.41, 5.74) is 1.26. The van der Waals surface area contributed by atoms with E-state index in [1.807, 2.05) is 19.2 Å². The van der Waals surface area contributed by atoms with Crippen LogP contribution in [0.3, 0.4) is 0 Å². The van der Waals surface area contributed by atoms with E-state index in [2.05, 4.69) is 17.4 Å². The molecule has 0 aliphatic heterocycles. The van der Waals surface area contributed by atoms with Crippen molar-refractivity contribution in [2.75, 3.05) is 7.05 Å². The molecule has 0 spiro atoms. The second-order valence-electron chi connectivity index (χ2n) is 4.03. The van der Waals surface area contributed by atoms with Crippen LogP contribution in [-0.4, -0.2) is 13.1 Å². The van der Waals surface area contributed by atoms with Crippen LogP contribution in [-0.2, 0) is 6.42 Å². The highest BCUT2D eigenvalue weighted by Gasteiger charge is 2.30. The zero-order valence-corrected chi connectivity index (χ0v) is 9.22. The molecule has 0 saturated heterocycles. The first kappa shape index (κ1) is 10.0. The molecule has 76 valence electrons. The van der Waals surface area contributed by atoms with Crippen molar-refractivity contribution < 1.29 is 0 Å². The van der Waals surface area contributed by atoms with Gasteiger partial charge in [0.15, 0.2) is 0 Å². The minimum atomic E-state index is 0.606. The Morgan fingerprint density at radius 1 is 1.43 bits per heavy atom. The van der Waals surface area contributed by atoms with Gasteiger partial charge < -0.3 is 5.32 Å². The first-order chi connectivity index (χ1) is 6.81. The van der Waals surface area contributed by atoms with Crippen molar-refractivity contribution in [2.24, 2.45) is 5.92 Å². The summed E-state index contributed by atoms with van der Waals surface area (Å²) in [4.78, 5) is 0. The van der Waals surface area contributed by atoms with Crippen LogP contribution in [0.5, 0.6) is 0 Å². The lowest BCUT2D eigenvalue weighted by molar-refractivity contribution is 0.500. The van der Waals surface area contributed by atoms with E-state index in [0.717, 1.165) is 17.4 Å². The molecule has 0 aromatic heterocycles. The topological polar surface area (TPSA) is 12.0 Å². The van der Waals surface area contributed by atoms with Crippen molar-refractivity contribution in [2.45, 2.75) is 25.3 Å². The number of halogens is 1. The molecule has 1 aromatic carbocycles. The fourth-order valence-electron chi connectivity index (χ4n) is 1.90. The Hall–Kier alpha value is -0.530. The van der Waals surface area contributed by atoms with E-state index in [9.17, 15) is 0 Å². The standard InChI is InChI=1S/C12H16ClN/c1-14-12(9-6-7-9)8-10-4-2-3-5-11(10)13/h2-5,9,12,14H,6-8H2,1H3. The SMILES string of the molecule is CNC(Cc1ccccc1Cl)C1CC1. The number of hydrogen-bond acceptors (Lipinski definition) is 1. The van der Waals surface area contributed by atoms with Crippen LogP contribution in [0, 0.1) is 5.92 Å². The average molecular weight is 210 g/mol. The molecule has 1 nitrogen and oxygen atoms in total. The molecule has 0 amide bonds. The molecule has 1 aliphatic carbocycles. The maximum Gasteiger partial charge on any atom is 0.0438 e. The van der Waals surface area contributed by atoms with Crippen molar-refractivity contribution >= 4 is 11.6 Å². The Labute approximate surface area is 90.5 Å². The van der Waals surface area contributed by atoms with Crippen LogP contribution in [0.2, 0.25) is 5.02 Å². The maximum atomic E-state index is 6.12. The Morgan fingerprint density at radius 3 is 2.71 bits per heavy atom. The van der Waals surface area contributed by atoms with Gasteiger partial charge in [-0.2, -0.15) is 0 Å². The van der Waals surface area contributed by atoms with Crippen molar-refractivity contribution in [1.82, 2.24) is 5.32 Å². The molecule has 1 aliphatic rings. The van der Waals surface area contributed by atoms with Crippen molar-refractivity contribution in [3.63, 3.8) is 0 Å². The number of benzene rings is 1.